The van der Waals surface area contributed by atoms with E-state index in [1.807, 2.05) is 48.5 Å². The van der Waals surface area contributed by atoms with E-state index in [0.717, 1.165) is 41.2 Å². The molecule has 3 aromatic rings. The zero-order valence-corrected chi connectivity index (χ0v) is 16.7. The molecule has 0 saturated heterocycles. The summed E-state index contributed by atoms with van der Waals surface area (Å²) in [6, 6.07) is 19.4. The average molecular weight is 387 g/mol. The maximum absolute atomic E-state index is 12.5. The first-order chi connectivity index (χ1) is 14.0. The van der Waals surface area contributed by atoms with E-state index in [9.17, 15) is 9.59 Å². The average Bonchev–Trinajstić information content (AvgIpc) is 3.53. The van der Waals surface area contributed by atoms with E-state index >= 15 is 0 Å². The lowest BCUT2D eigenvalue weighted by atomic mass is 10.1. The predicted molar refractivity (Wildman–Crippen MR) is 114 cm³/mol. The number of aromatic nitrogens is 1. The van der Waals surface area contributed by atoms with Gasteiger partial charge in [0.05, 0.1) is 0 Å². The number of nitrogens with one attached hydrogen (secondary N) is 2. The van der Waals surface area contributed by atoms with Crippen molar-refractivity contribution in [3.63, 3.8) is 0 Å². The molecule has 0 atom stereocenters. The summed E-state index contributed by atoms with van der Waals surface area (Å²) in [7, 11) is 0. The second-order valence-electron chi connectivity index (χ2n) is 7.64. The van der Waals surface area contributed by atoms with Crippen molar-refractivity contribution in [3.8, 4) is 5.69 Å². The smallest absolute Gasteiger partial charge is 0.251 e. The van der Waals surface area contributed by atoms with Crippen LogP contribution in [0.1, 0.15) is 40.2 Å². The number of hydrogen-bond donors (Lipinski definition) is 2. The van der Waals surface area contributed by atoms with Gasteiger partial charge in [-0.1, -0.05) is 12.1 Å². The van der Waals surface area contributed by atoms with E-state index in [1.54, 1.807) is 0 Å². The van der Waals surface area contributed by atoms with Crippen molar-refractivity contribution in [2.24, 2.45) is 5.92 Å². The van der Waals surface area contributed by atoms with E-state index in [2.05, 4.69) is 41.2 Å². The molecule has 0 bridgehead atoms. The molecule has 1 aliphatic rings. The summed E-state index contributed by atoms with van der Waals surface area (Å²) in [5.41, 5.74) is 5.78. The Kier molecular flexibility index (Phi) is 5.21. The van der Waals surface area contributed by atoms with Crippen LogP contribution in [0.4, 0.5) is 5.69 Å². The maximum Gasteiger partial charge on any atom is 0.251 e. The van der Waals surface area contributed by atoms with Crippen molar-refractivity contribution in [1.29, 1.82) is 0 Å². The third-order valence-corrected chi connectivity index (χ3v) is 5.28. The molecular weight excluding hydrogens is 362 g/mol. The minimum absolute atomic E-state index is 0.0970. The normalized spacial score (nSPS) is 13.2. The minimum atomic E-state index is -0.108. The van der Waals surface area contributed by atoms with Gasteiger partial charge in [-0.15, -0.1) is 0 Å². The van der Waals surface area contributed by atoms with Crippen LogP contribution in [0.5, 0.6) is 0 Å². The number of amides is 2. The zero-order valence-electron chi connectivity index (χ0n) is 16.7. The van der Waals surface area contributed by atoms with Gasteiger partial charge in [-0.25, -0.2) is 0 Å². The molecular formula is C24H25N3O2. The lowest BCUT2D eigenvalue weighted by Crippen LogP contribution is -2.22. The van der Waals surface area contributed by atoms with Gasteiger partial charge in [-0.3, -0.25) is 9.59 Å². The fourth-order valence-corrected chi connectivity index (χ4v) is 3.42. The Bertz CT molecular complexity index is 1010. The molecule has 1 aromatic heterocycles. The molecule has 5 nitrogen and oxygen atoms in total. The Balaban J connectivity index is 1.34. The molecule has 2 N–H and O–H groups in total. The first-order valence-corrected chi connectivity index (χ1v) is 9.94. The molecule has 4 rings (SSSR count). The van der Waals surface area contributed by atoms with Crippen LogP contribution in [-0.4, -0.2) is 16.4 Å². The standard InChI is InChI=1S/C24H25N3O2/c1-16-3-4-17(2)27(16)22-13-9-19(10-14-22)23(28)25-15-18-5-11-21(12-6-18)26-24(29)20-7-8-20/h3-6,9-14,20H,7-8,15H2,1-2H3,(H,25,28)(H,26,29). The summed E-state index contributed by atoms with van der Waals surface area (Å²) in [5, 5.41) is 5.87. The van der Waals surface area contributed by atoms with Crippen LogP contribution in [0.25, 0.3) is 5.69 Å². The van der Waals surface area contributed by atoms with Gasteiger partial charge in [0, 0.05) is 40.8 Å². The fourth-order valence-electron chi connectivity index (χ4n) is 3.42. The Labute approximate surface area is 170 Å². The van der Waals surface area contributed by atoms with Gasteiger partial charge in [0.15, 0.2) is 0 Å². The molecule has 0 radical (unpaired) electrons. The van der Waals surface area contributed by atoms with Crippen LogP contribution in [-0.2, 0) is 11.3 Å². The molecule has 2 aromatic carbocycles. The van der Waals surface area contributed by atoms with E-state index in [0.29, 0.717) is 12.1 Å². The highest BCUT2D eigenvalue weighted by Gasteiger charge is 2.29. The number of nitrogens with zero attached hydrogens (tertiary/aromatic N) is 1. The van der Waals surface area contributed by atoms with Gasteiger partial charge in [-0.2, -0.15) is 0 Å². The van der Waals surface area contributed by atoms with Crippen LogP contribution in [0.2, 0.25) is 0 Å². The van der Waals surface area contributed by atoms with Crippen molar-refractivity contribution in [1.82, 2.24) is 9.88 Å². The van der Waals surface area contributed by atoms with E-state index in [-0.39, 0.29) is 17.7 Å². The monoisotopic (exact) mass is 387 g/mol. The number of anilines is 1. The summed E-state index contributed by atoms with van der Waals surface area (Å²) in [6.45, 7) is 4.57. The van der Waals surface area contributed by atoms with Crippen LogP contribution in [0.15, 0.2) is 60.7 Å². The summed E-state index contributed by atoms with van der Waals surface area (Å²) in [5.74, 6) is 0.175. The summed E-state index contributed by atoms with van der Waals surface area (Å²) < 4.78 is 2.16. The second kappa shape index (κ2) is 7.95. The quantitative estimate of drug-likeness (QED) is 0.660. The summed E-state index contributed by atoms with van der Waals surface area (Å²) in [4.78, 5) is 24.3. The fraction of sp³-hybridized carbons (Fsp3) is 0.250. The highest BCUT2D eigenvalue weighted by molar-refractivity contribution is 5.94. The van der Waals surface area contributed by atoms with Gasteiger partial charge >= 0.3 is 0 Å². The van der Waals surface area contributed by atoms with E-state index < -0.39 is 0 Å². The molecule has 1 aliphatic carbocycles. The summed E-state index contributed by atoms with van der Waals surface area (Å²) in [6.07, 6.45) is 1.98. The number of benzene rings is 2. The van der Waals surface area contributed by atoms with Crippen molar-refractivity contribution in [2.45, 2.75) is 33.2 Å². The van der Waals surface area contributed by atoms with Crippen LogP contribution in [0, 0.1) is 19.8 Å². The zero-order chi connectivity index (χ0) is 20.4. The van der Waals surface area contributed by atoms with Crippen molar-refractivity contribution in [2.75, 3.05) is 5.32 Å². The largest absolute Gasteiger partial charge is 0.348 e. The molecule has 0 spiro atoms. The number of rotatable bonds is 6. The lowest BCUT2D eigenvalue weighted by molar-refractivity contribution is -0.117. The summed E-state index contributed by atoms with van der Waals surface area (Å²) >= 11 is 0. The SMILES string of the molecule is Cc1ccc(C)n1-c1ccc(C(=O)NCc2ccc(NC(=O)C3CC3)cc2)cc1. The third-order valence-electron chi connectivity index (χ3n) is 5.28. The topological polar surface area (TPSA) is 63.1 Å². The molecule has 0 aliphatic heterocycles. The van der Waals surface area contributed by atoms with E-state index in [4.69, 9.17) is 0 Å². The van der Waals surface area contributed by atoms with Gasteiger partial charge < -0.3 is 15.2 Å². The van der Waals surface area contributed by atoms with Crippen molar-refractivity contribution < 1.29 is 9.59 Å². The molecule has 1 saturated carbocycles. The first-order valence-electron chi connectivity index (χ1n) is 9.94. The third kappa shape index (κ3) is 4.40. The second-order valence-corrected chi connectivity index (χ2v) is 7.64. The highest BCUT2D eigenvalue weighted by Crippen LogP contribution is 2.30. The Morgan fingerprint density at radius 1 is 0.897 bits per heavy atom. The van der Waals surface area contributed by atoms with Crippen LogP contribution < -0.4 is 10.6 Å². The molecule has 1 heterocycles. The first kappa shape index (κ1) is 19.0. The van der Waals surface area contributed by atoms with Crippen molar-refractivity contribution in [3.05, 3.63) is 83.2 Å². The Morgan fingerprint density at radius 3 is 2.10 bits per heavy atom. The number of aryl methyl sites for hydroxylation is 2. The minimum Gasteiger partial charge on any atom is -0.348 e. The molecule has 1 fully saturated rings. The number of carbonyl (C=O) groups excluding carboxylic acids is 2. The van der Waals surface area contributed by atoms with Gasteiger partial charge in [-0.05, 0) is 80.8 Å². The molecule has 29 heavy (non-hydrogen) atoms. The van der Waals surface area contributed by atoms with Crippen LogP contribution in [0.3, 0.4) is 0 Å². The number of hydrogen-bond acceptors (Lipinski definition) is 2. The molecule has 148 valence electrons. The Hall–Kier alpha value is -3.34. The molecule has 2 amide bonds. The van der Waals surface area contributed by atoms with Crippen molar-refractivity contribution >= 4 is 17.5 Å². The van der Waals surface area contributed by atoms with Gasteiger partial charge in [0.25, 0.3) is 5.91 Å². The lowest BCUT2D eigenvalue weighted by Gasteiger charge is -2.11. The van der Waals surface area contributed by atoms with E-state index in [1.165, 1.54) is 0 Å². The number of carbonyl (C=O) groups is 2. The van der Waals surface area contributed by atoms with Gasteiger partial charge in [0.1, 0.15) is 0 Å². The Morgan fingerprint density at radius 2 is 1.52 bits per heavy atom. The predicted octanol–water partition coefficient (Wildman–Crippen LogP) is 4.37. The molecule has 5 heteroatoms. The van der Waals surface area contributed by atoms with Gasteiger partial charge in [0.2, 0.25) is 5.91 Å². The van der Waals surface area contributed by atoms with Crippen LogP contribution >= 0.6 is 0 Å². The highest BCUT2D eigenvalue weighted by atomic mass is 16.2. The molecule has 0 unspecified atom stereocenters. The maximum atomic E-state index is 12.5.